The van der Waals surface area contributed by atoms with Gasteiger partial charge in [0.15, 0.2) is 0 Å². The highest BCUT2D eigenvalue weighted by atomic mass is 35.5. The SMILES string of the molecule is Clc1cc[nH]c1-c1ccc(-c2ccccn2)cc1. The van der Waals surface area contributed by atoms with Gasteiger partial charge in [0.25, 0.3) is 0 Å². The molecule has 1 aromatic carbocycles. The molecule has 2 heterocycles. The molecule has 0 spiro atoms. The van der Waals surface area contributed by atoms with Crippen molar-refractivity contribution in [1.29, 1.82) is 0 Å². The number of aromatic amines is 1. The van der Waals surface area contributed by atoms with E-state index in [1.54, 1.807) is 6.20 Å². The zero-order valence-corrected chi connectivity index (χ0v) is 10.4. The highest BCUT2D eigenvalue weighted by molar-refractivity contribution is 6.33. The third-order valence-electron chi connectivity index (χ3n) is 2.83. The Morgan fingerprint density at radius 1 is 0.889 bits per heavy atom. The number of nitrogens with one attached hydrogen (secondary N) is 1. The summed E-state index contributed by atoms with van der Waals surface area (Å²) in [5.41, 5.74) is 4.09. The van der Waals surface area contributed by atoms with E-state index < -0.39 is 0 Å². The van der Waals surface area contributed by atoms with E-state index in [2.05, 4.69) is 22.1 Å². The smallest absolute Gasteiger partial charge is 0.0701 e. The van der Waals surface area contributed by atoms with Crippen LogP contribution in [0.5, 0.6) is 0 Å². The highest BCUT2D eigenvalue weighted by Gasteiger charge is 2.04. The Morgan fingerprint density at radius 3 is 2.28 bits per heavy atom. The van der Waals surface area contributed by atoms with Gasteiger partial charge in [0.1, 0.15) is 0 Å². The fourth-order valence-electron chi connectivity index (χ4n) is 1.91. The Labute approximate surface area is 110 Å². The van der Waals surface area contributed by atoms with Crippen molar-refractivity contribution in [3.63, 3.8) is 0 Å². The first-order valence-electron chi connectivity index (χ1n) is 5.69. The first-order valence-corrected chi connectivity index (χ1v) is 6.07. The molecule has 3 aromatic rings. The number of rotatable bonds is 2. The zero-order chi connectivity index (χ0) is 12.4. The molecule has 0 unspecified atom stereocenters. The molecule has 0 saturated heterocycles. The zero-order valence-electron chi connectivity index (χ0n) is 9.60. The Morgan fingerprint density at radius 2 is 1.67 bits per heavy atom. The van der Waals surface area contributed by atoms with Crippen LogP contribution in [0, 0.1) is 0 Å². The predicted octanol–water partition coefficient (Wildman–Crippen LogP) is 4.40. The predicted molar refractivity (Wildman–Crippen MR) is 74.5 cm³/mol. The lowest BCUT2D eigenvalue weighted by Crippen LogP contribution is -1.83. The summed E-state index contributed by atoms with van der Waals surface area (Å²) in [6.07, 6.45) is 3.63. The molecule has 0 atom stereocenters. The molecule has 0 saturated carbocycles. The van der Waals surface area contributed by atoms with Crippen molar-refractivity contribution < 1.29 is 0 Å². The van der Waals surface area contributed by atoms with Gasteiger partial charge >= 0.3 is 0 Å². The Bertz CT molecular complexity index is 642. The molecule has 0 aliphatic carbocycles. The van der Waals surface area contributed by atoms with Gasteiger partial charge < -0.3 is 4.98 Å². The van der Waals surface area contributed by atoms with E-state index in [9.17, 15) is 0 Å². The second-order valence-corrected chi connectivity index (χ2v) is 4.40. The van der Waals surface area contributed by atoms with E-state index in [4.69, 9.17) is 11.6 Å². The summed E-state index contributed by atoms with van der Waals surface area (Å²) >= 11 is 6.09. The first-order chi connectivity index (χ1) is 8.84. The summed E-state index contributed by atoms with van der Waals surface area (Å²) < 4.78 is 0. The van der Waals surface area contributed by atoms with E-state index in [0.717, 1.165) is 27.5 Å². The van der Waals surface area contributed by atoms with Crippen LogP contribution in [-0.2, 0) is 0 Å². The average molecular weight is 255 g/mol. The molecule has 3 heteroatoms. The summed E-state index contributed by atoms with van der Waals surface area (Å²) in [5, 5.41) is 0.737. The fourth-order valence-corrected chi connectivity index (χ4v) is 2.14. The van der Waals surface area contributed by atoms with Crippen LogP contribution >= 0.6 is 11.6 Å². The van der Waals surface area contributed by atoms with Crippen molar-refractivity contribution in [3.05, 3.63) is 65.9 Å². The number of nitrogens with zero attached hydrogens (tertiary/aromatic N) is 1. The Kier molecular flexibility index (Phi) is 2.87. The second-order valence-electron chi connectivity index (χ2n) is 3.99. The standard InChI is InChI=1S/C15H11ClN2/c16-13-8-10-18-15(13)12-6-4-11(5-7-12)14-3-1-2-9-17-14/h1-10,18H. The minimum atomic E-state index is 0.737. The third-order valence-corrected chi connectivity index (χ3v) is 3.15. The number of H-pyrrole nitrogens is 1. The lowest BCUT2D eigenvalue weighted by Gasteiger charge is -2.03. The van der Waals surface area contributed by atoms with Gasteiger partial charge in [0.2, 0.25) is 0 Å². The van der Waals surface area contributed by atoms with Crippen LogP contribution in [0.4, 0.5) is 0 Å². The molecule has 0 fully saturated rings. The van der Waals surface area contributed by atoms with Gasteiger partial charge in [-0.2, -0.15) is 0 Å². The lowest BCUT2D eigenvalue weighted by molar-refractivity contribution is 1.32. The van der Waals surface area contributed by atoms with E-state index in [-0.39, 0.29) is 0 Å². The minimum Gasteiger partial charge on any atom is -0.360 e. The molecule has 3 rings (SSSR count). The molecule has 2 aromatic heterocycles. The molecule has 0 amide bonds. The molecular formula is C15H11ClN2. The van der Waals surface area contributed by atoms with E-state index in [0.29, 0.717) is 0 Å². The van der Waals surface area contributed by atoms with Crippen molar-refractivity contribution in [1.82, 2.24) is 9.97 Å². The molecule has 1 N–H and O–H groups in total. The molecule has 0 radical (unpaired) electrons. The van der Waals surface area contributed by atoms with Crippen LogP contribution in [0.3, 0.4) is 0 Å². The summed E-state index contributed by atoms with van der Waals surface area (Å²) in [5.74, 6) is 0. The maximum absolute atomic E-state index is 6.09. The van der Waals surface area contributed by atoms with Crippen molar-refractivity contribution in [2.45, 2.75) is 0 Å². The van der Waals surface area contributed by atoms with Gasteiger partial charge in [-0.3, -0.25) is 4.98 Å². The number of hydrogen-bond acceptors (Lipinski definition) is 1. The highest BCUT2D eigenvalue weighted by Crippen LogP contribution is 2.27. The van der Waals surface area contributed by atoms with E-state index >= 15 is 0 Å². The molecule has 2 nitrogen and oxygen atoms in total. The average Bonchev–Trinajstić information content (AvgIpc) is 2.86. The van der Waals surface area contributed by atoms with Crippen LogP contribution in [0.2, 0.25) is 5.02 Å². The van der Waals surface area contributed by atoms with Gasteiger partial charge in [0, 0.05) is 18.0 Å². The lowest BCUT2D eigenvalue weighted by atomic mass is 10.1. The minimum absolute atomic E-state index is 0.737. The topological polar surface area (TPSA) is 28.7 Å². The van der Waals surface area contributed by atoms with Crippen LogP contribution in [0.25, 0.3) is 22.5 Å². The van der Waals surface area contributed by atoms with Gasteiger partial charge in [-0.05, 0) is 23.8 Å². The number of aromatic nitrogens is 2. The van der Waals surface area contributed by atoms with Gasteiger partial charge in [0.05, 0.1) is 16.4 Å². The van der Waals surface area contributed by atoms with Crippen molar-refractivity contribution in [2.24, 2.45) is 0 Å². The number of benzene rings is 1. The quantitative estimate of drug-likeness (QED) is 0.722. The number of pyridine rings is 1. The molecular weight excluding hydrogens is 244 g/mol. The summed E-state index contributed by atoms with van der Waals surface area (Å²) in [7, 11) is 0. The van der Waals surface area contributed by atoms with Crippen molar-refractivity contribution in [3.8, 4) is 22.5 Å². The normalized spacial score (nSPS) is 10.5. The maximum Gasteiger partial charge on any atom is 0.0701 e. The van der Waals surface area contributed by atoms with Crippen LogP contribution < -0.4 is 0 Å². The summed E-state index contributed by atoms with van der Waals surface area (Å²) in [4.78, 5) is 7.46. The van der Waals surface area contributed by atoms with E-state index in [1.165, 1.54) is 0 Å². The van der Waals surface area contributed by atoms with Gasteiger partial charge in [-0.1, -0.05) is 41.9 Å². The van der Waals surface area contributed by atoms with E-state index in [1.807, 2.05) is 42.6 Å². The molecule has 88 valence electrons. The van der Waals surface area contributed by atoms with Crippen LogP contribution in [-0.4, -0.2) is 9.97 Å². The first kappa shape index (κ1) is 11.1. The molecule has 0 aliphatic rings. The Hall–Kier alpha value is -2.06. The summed E-state index contributed by atoms with van der Waals surface area (Å²) in [6.45, 7) is 0. The molecule has 0 aliphatic heterocycles. The maximum atomic E-state index is 6.09. The molecule has 0 bridgehead atoms. The van der Waals surface area contributed by atoms with Crippen LogP contribution in [0.1, 0.15) is 0 Å². The van der Waals surface area contributed by atoms with Gasteiger partial charge in [-0.25, -0.2) is 0 Å². The summed E-state index contributed by atoms with van der Waals surface area (Å²) in [6, 6.07) is 15.9. The van der Waals surface area contributed by atoms with Crippen LogP contribution in [0.15, 0.2) is 60.9 Å². The van der Waals surface area contributed by atoms with Crippen molar-refractivity contribution >= 4 is 11.6 Å². The second kappa shape index (κ2) is 4.67. The fraction of sp³-hybridized carbons (Fsp3) is 0. The number of halogens is 1. The Balaban J connectivity index is 1.97. The largest absolute Gasteiger partial charge is 0.360 e. The molecule has 18 heavy (non-hydrogen) atoms. The van der Waals surface area contributed by atoms with Gasteiger partial charge in [-0.15, -0.1) is 0 Å². The van der Waals surface area contributed by atoms with Crippen molar-refractivity contribution in [2.75, 3.05) is 0 Å². The third kappa shape index (κ3) is 2.03. The monoisotopic (exact) mass is 254 g/mol. The number of hydrogen-bond donors (Lipinski definition) is 1.